The van der Waals surface area contributed by atoms with Crippen LogP contribution in [0.1, 0.15) is 58.1 Å². The molecule has 0 atom stereocenters. The van der Waals surface area contributed by atoms with Gasteiger partial charge >= 0.3 is 0 Å². The summed E-state index contributed by atoms with van der Waals surface area (Å²) in [6.07, 6.45) is 13.2. The molecule has 0 fully saturated rings. The van der Waals surface area contributed by atoms with Gasteiger partial charge in [-0.3, -0.25) is 4.79 Å². The van der Waals surface area contributed by atoms with Crippen LogP contribution in [0.5, 0.6) is 11.5 Å². The number of fused-ring (bicyclic) bond motifs is 10. The molecule has 2 aliphatic rings. The molecule has 1 aromatic carbocycles. The first-order chi connectivity index (χ1) is 15.0. The number of carbonyl (C=O) groups is 1. The number of allylic oxidation sites excluding steroid dienone is 7. The van der Waals surface area contributed by atoms with Crippen molar-refractivity contribution in [3.05, 3.63) is 70.9 Å². The second-order valence-corrected chi connectivity index (χ2v) is 15.0. The van der Waals surface area contributed by atoms with Gasteiger partial charge in [0.05, 0.1) is 7.11 Å². The van der Waals surface area contributed by atoms with Crippen molar-refractivity contribution < 1.29 is 14.0 Å². The van der Waals surface area contributed by atoms with Gasteiger partial charge < -0.3 is 9.16 Å². The molecule has 4 heteroatoms. The van der Waals surface area contributed by atoms with Crippen LogP contribution in [0.2, 0.25) is 18.1 Å². The fourth-order valence-electron chi connectivity index (χ4n) is 3.40. The normalized spacial score (nSPS) is 20.7. The Balaban J connectivity index is 2.60. The molecule has 2 bridgehead atoms. The van der Waals surface area contributed by atoms with Gasteiger partial charge in [-0.15, -0.1) is 0 Å². The van der Waals surface area contributed by atoms with E-state index in [9.17, 15) is 4.79 Å². The number of carbonyl (C=O) groups excluding carboxylic acids is 1. The van der Waals surface area contributed by atoms with Crippen molar-refractivity contribution in [1.82, 2.24) is 0 Å². The predicted octanol–water partition coefficient (Wildman–Crippen LogP) is 7.53. The Labute approximate surface area is 196 Å². The SMILES string of the molecule is C=C1/C=C\C/C(C=O)=C\Cc2cc(OC)c(cc2O[Si](C)(C)C(C)(C)C)C/C(C)=C\CC1. The van der Waals surface area contributed by atoms with Crippen LogP contribution in [0.3, 0.4) is 0 Å². The lowest BCUT2D eigenvalue weighted by Crippen LogP contribution is -2.44. The zero-order valence-corrected chi connectivity index (χ0v) is 22.0. The van der Waals surface area contributed by atoms with Crippen LogP contribution in [-0.4, -0.2) is 21.7 Å². The molecule has 174 valence electrons. The van der Waals surface area contributed by atoms with Crippen LogP contribution in [0, 0.1) is 0 Å². The van der Waals surface area contributed by atoms with Gasteiger partial charge in [0.15, 0.2) is 0 Å². The summed E-state index contributed by atoms with van der Waals surface area (Å²) in [5, 5.41) is 0.0914. The molecule has 0 heterocycles. The van der Waals surface area contributed by atoms with E-state index in [2.05, 4.69) is 65.6 Å². The lowest BCUT2D eigenvalue weighted by molar-refractivity contribution is -0.105. The molecule has 0 amide bonds. The van der Waals surface area contributed by atoms with Gasteiger partial charge in [0, 0.05) is 11.1 Å². The third-order valence-corrected chi connectivity index (χ3v) is 10.8. The van der Waals surface area contributed by atoms with E-state index in [1.54, 1.807) is 7.11 Å². The summed E-state index contributed by atoms with van der Waals surface area (Å²) in [4.78, 5) is 11.7. The Morgan fingerprint density at radius 3 is 2.38 bits per heavy atom. The second kappa shape index (κ2) is 11.0. The quantitative estimate of drug-likeness (QED) is 0.269. The Kier molecular flexibility index (Phi) is 8.91. The third-order valence-electron chi connectivity index (χ3n) is 6.51. The highest BCUT2D eigenvalue weighted by atomic mass is 28.4. The maximum Gasteiger partial charge on any atom is 0.250 e. The van der Waals surface area contributed by atoms with E-state index < -0.39 is 8.32 Å². The van der Waals surface area contributed by atoms with Crippen molar-refractivity contribution in [2.24, 2.45) is 0 Å². The number of aldehydes is 1. The number of methoxy groups -OCH3 is 1. The van der Waals surface area contributed by atoms with Crippen LogP contribution in [0.25, 0.3) is 0 Å². The topological polar surface area (TPSA) is 35.5 Å². The van der Waals surface area contributed by atoms with Crippen molar-refractivity contribution in [3.63, 3.8) is 0 Å². The molecule has 0 N–H and O–H groups in total. The summed E-state index contributed by atoms with van der Waals surface area (Å²) < 4.78 is 12.5. The van der Waals surface area contributed by atoms with Crippen LogP contribution >= 0.6 is 0 Å². The van der Waals surface area contributed by atoms with Gasteiger partial charge in [0.1, 0.15) is 17.8 Å². The predicted molar refractivity (Wildman–Crippen MR) is 138 cm³/mol. The fraction of sp³-hybridized carbons (Fsp3) is 0.464. The van der Waals surface area contributed by atoms with Gasteiger partial charge in [-0.05, 0) is 74.9 Å². The minimum absolute atomic E-state index is 0.0914. The van der Waals surface area contributed by atoms with Crippen LogP contribution in [0.15, 0.2) is 59.7 Å². The maximum atomic E-state index is 11.7. The first-order valence-electron chi connectivity index (χ1n) is 11.5. The van der Waals surface area contributed by atoms with Gasteiger partial charge in [-0.2, -0.15) is 0 Å². The molecule has 0 unspecified atom stereocenters. The van der Waals surface area contributed by atoms with E-state index in [1.807, 2.05) is 18.2 Å². The first kappa shape index (κ1) is 25.9. The van der Waals surface area contributed by atoms with E-state index in [1.165, 1.54) is 5.57 Å². The average molecular weight is 453 g/mol. The molecule has 1 aromatic rings. The monoisotopic (exact) mass is 452 g/mol. The number of hydrogen-bond acceptors (Lipinski definition) is 3. The van der Waals surface area contributed by atoms with Crippen LogP contribution in [-0.2, 0) is 17.6 Å². The molecule has 0 saturated carbocycles. The smallest absolute Gasteiger partial charge is 0.250 e. The second-order valence-electron chi connectivity index (χ2n) is 10.3. The Morgan fingerprint density at radius 1 is 1.06 bits per heavy atom. The highest BCUT2D eigenvalue weighted by Crippen LogP contribution is 2.40. The summed E-state index contributed by atoms with van der Waals surface area (Å²) in [6, 6.07) is 4.25. The zero-order valence-electron chi connectivity index (χ0n) is 21.0. The van der Waals surface area contributed by atoms with E-state index in [0.717, 1.165) is 59.3 Å². The zero-order chi connectivity index (χ0) is 23.9. The van der Waals surface area contributed by atoms with Crippen LogP contribution < -0.4 is 9.16 Å². The lowest BCUT2D eigenvalue weighted by Gasteiger charge is -2.37. The molecular formula is C28H40O3Si. The van der Waals surface area contributed by atoms with Crippen molar-refractivity contribution in [3.8, 4) is 11.5 Å². The van der Waals surface area contributed by atoms with Crippen LogP contribution in [0.4, 0.5) is 0 Å². The molecule has 0 spiro atoms. The molecule has 0 aromatic heterocycles. The number of rotatable bonds is 4. The van der Waals surface area contributed by atoms with E-state index in [0.29, 0.717) is 12.8 Å². The highest BCUT2D eigenvalue weighted by Gasteiger charge is 2.39. The molecule has 2 aliphatic carbocycles. The third kappa shape index (κ3) is 7.09. The minimum atomic E-state index is -2.03. The van der Waals surface area contributed by atoms with Gasteiger partial charge in [-0.1, -0.05) is 62.8 Å². The summed E-state index contributed by atoms with van der Waals surface area (Å²) in [5.41, 5.74) is 5.33. The number of benzene rings is 1. The van der Waals surface area contributed by atoms with E-state index >= 15 is 0 Å². The largest absolute Gasteiger partial charge is 0.543 e. The first-order valence-corrected chi connectivity index (χ1v) is 14.4. The standard InChI is InChI=1S/C28H40O3Si/c1-21-11-9-13-22(2)17-25-19-27(31-32(7,8)28(3,4)5)24(18-26(25)30-6)16-15-23(20-29)14-10-12-21/h10,12-13,15,18-20H,1,9,11,14,16-17H2,2-8H3/b12-10-,22-13-,23-15+. The van der Waals surface area contributed by atoms with E-state index in [4.69, 9.17) is 9.16 Å². The van der Waals surface area contributed by atoms with Gasteiger partial charge in [0.25, 0.3) is 0 Å². The summed E-state index contributed by atoms with van der Waals surface area (Å²) >= 11 is 0. The summed E-state index contributed by atoms with van der Waals surface area (Å²) in [7, 11) is -0.315. The number of ether oxygens (including phenoxy) is 1. The van der Waals surface area contributed by atoms with Crippen molar-refractivity contribution in [1.29, 1.82) is 0 Å². The summed E-state index contributed by atoms with van der Waals surface area (Å²) in [5.74, 6) is 1.78. The summed E-state index contributed by atoms with van der Waals surface area (Å²) in [6.45, 7) is 17.6. The van der Waals surface area contributed by atoms with Gasteiger partial charge in [-0.25, -0.2) is 0 Å². The molecule has 32 heavy (non-hydrogen) atoms. The molecule has 0 radical (unpaired) electrons. The number of hydrogen-bond donors (Lipinski definition) is 0. The molecular weight excluding hydrogens is 412 g/mol. The lowest BCUT2D eigenvalue weighted by atomic mass is 9.98. The Hall–Kier alpha value is -2.33. The highest BCUT2D eigenvalue weighted by molar-refractivity contribution is 6.74. The van der Waals surface area contributed by atoms with Gasteiger partial charge in [0.2, 0.25) is 8.32 Å². The van der Waals surface area contributed by atoms with E-state index in [-0.39, 0.29) is 5.04 Å². The molecule has 0 saturated heterocycles. The van der Waals surface area contributed by atoms with Crippen molar-refractivity contribution in [2.45, 2.75) is 77.9 Å². The molecule has 3 nitrogen and oxygen atoms in total. The van der Waals surface area contributed by atoms with Crippen molar-refractivity contribution >= 4 is 14.6 Å². The average Bonchev–Trinajstić information content (AvgIpc) is 2.69. The molecule has 3 rings (SSSR count). The Bertz CT molecular complexity index is 927. The Morgan fingerprint density at radius 2 is 1.75 bits per heavy atom. The minimum Gasteiger partial charge on any atom is -0.543 e. The fourth-order valence-corrected chi connectivity index (χ4v) is 4.44. The maximum absolute atomic E-state index is 11.7. The molecule has 0 aliphatic heterocycles. The van der Waals surface area contributed by atoms with Crippen molar-refractivity contribution in [2.75, 3.05) is 7.11 Å².